The molecule has 3 aromatic rings. The lowest BCUT2D eigenvalue weighted by atomic mass is 10.1. The summed E-state index contributed by atoms with van der Waals surface area (Å²) in [5.74, 6) is 1.06. The molecule has 134 valence electrons. The van der Waals surface area contributed by atoms with E-state index in [-0.39, 0.29) is 18.6 Å². The van der Waals surface area contributed by atoms with Crippen LogP contribution in [-0.2, 0) is 11.3 Å². The van der Waals surface area contributed by atoms with Gasteiger partial charge in [-0.05, 0) is 25.0 Å². The van der Waals surface area contributed by atoms with Crippen LogP contribution in [0.1, 0.15) is 29.3 Å². The van der Waals surface area contributed by atoms with Gasteiger partial charge in [-0.1, -0.05) is 5.16 Å². The predicted molar refractivity (Wildman–Crippen MR) is 87.7 cm³/mol. The number of hydrogen-bond acceptors (Lipinski definition) is 8. The number of carbonyl (C=O) groups excluding carboxylic acids is 1. The highest BCUT2D eigenvalue weighted by atomic mass is 16.5. The molecule has 0 atom stereocenters. The molecule has 0 bridgehead atoms. The molecular weight excluding hydrogens is 338 g/mol. The number of piperidine rings is 1. The van der Waals surface area contributed by atoms with Crippen molar-refractivity contribution in [3.05, 3.63) is 48.6 Å². The first-order chi connectivity index (χ1) is 12.8. The van der Waals surface area contributed by atoms with Crippen molar-refractivity contribution in [2.45, 2.75) is 25.6 Å². The van der Waals surface area contributed by atoms with Crippen molar-refractivity contribution in [3.8, 4) is 11.5 Å². The van der Waals surface area contributed by atoms with Crippen molar-refractivity contribution in [1.29, 1.82) is 0 Å². The minimum atomic E-state index is -0.0843. The Morgan fingerprint density at radius 3 is 2.92 bits per heavy atom. The van der Waals surface area contributed by atoms with Crippen LogP contribution in [0.5, 0.6) is 0 Å². The molecular formula is C17H17N5O4. The second-order valence-corrected chi connectivity index (χ2v) is 5.88. The van der Waals surface area contributed by atoms with Gasteiger partial charge in [0.25, 0.3) is 11.8 Å². The van der Waals surface area contributed by atoms with Crippen LogP contribution in [0.4, 0.5) is 0 Å². The highest BCUT2D eigenvalue weighted by Gasteiger charge is 2.25. The monoisotopic (exact) mass is 355 g/mol. The summed E-state index contributed by atoms with van der Waals surface area (Å²) in [6.07, 6.45) is 7.76. The van der Waals surface area contributed by atoms with Crippen LogP contribution in [0, 0.1) is 0 Å². The zero-order chi connectivity index (χ0) is 17.8. The maximum Gasteiger partial charge on any atom is 0.289 e. The minimum absolute atomic E-state index is 0.0440. The van der Waals surface area contributed by atoms with Crippen LogP contribution in [0.3, 0.4) is 0 Å². The lowest BCUT2D eigenvalue weighted by Gasteiger charge is -2.31. The first kappa shape index (κ1) is 16.4. The Morgan fingerprint density at radius 2 is 2.19 bits per heavy atom. The van der Waals surface area contributed by atoms with Crippen LogP contribution in [0.2, 0.25) is 0 Å². The molecule has 0 aromatic carbocycles. The molecule has 1 saturated heterocycles. The van der Waals surface area contributed by atoms with Gasteiger partial charge in [-0.3, -0.25) is 9.78 Å². The summed E-state index contributed by atoms with van der Waals surface area (Å²) in [5.41, 5.74) is 0.548. The van der Waals surface area contributed by atoms with Crippen LogP contribution < -0.4 is 0 Å². The van der Waals surface area contributed by atoms with E-state index >= 15 is 0 Å². The number of hydrogen-bond donors (Lipinski definition) is 0. The molecule has 0 spiro atoms. The molecule has 4 heterocycles. The third-order valence-corrected chi connectivity index (χ3v) is 4.16. The Hall–Kier alpha value is -3.07. The molecule has 0 unspecified atom stereocenters. The third kappa shape index (κ3) is 3.62. The van der Waals surface area contributed by atoms with E-state index in [1.807, 2.05) is 0 Å². The molecule has 9 nitrogen and oxygen atoms in total. The average molecular weight is 355 g/mol. The van der Waals surface area contributed by atoms with Crippen LogP contribution >= 0.6 is 0 Å². The van der Waals surface area contributed by atoms with Gasteiger partial charge in [0.2, 0.25) is 5.82 Å². The van der Waals surface area contributed by atoms with E-state index in [2.05, 4.69) is 20.1 Å². The lowest BCUT2D eigenvalue weighted by Crippen LogP contribution is -2.40. The molecule has 4 rings (SSSR count). The van der Waals surface area contributed by atoms with Gasteiger partial charge in [0.15, 0.2) is 5.76 Å². The quantitative estimate of drug-likeness (QED) is 0.683. The SMILES string of the molecule is O=C(c1ccco1)N1CCC(OCc2nc(-c3cnccn3)no2)CC1. The van der Waals surface area contributed by atoms with Crippen LogP contribution in [-0.4, -0.2) is 50.1 Å². The number of rotatable bonds is 5. The Bertz CT molecular complexity index is 841. The van der Waals surface area contributed by atoms with Gasteiger partial charge in [-0.25, -0.2) is 4.98 Å². The number of nitrogens with zero attached hydrogens (tertiary/aromatic N) is 5. The largest absolute Gasteiger partial charge is 0.459 e. The summed E-state index contributed by atoms with van der Waals surface area (Å²) >= 11 is 0. The number of likely N-dealkylation sites (tertiary alicyclic amines) is 1. The molecule has 0 saturated carbocycles. The Morgan fingerprint density at radius 1 is 1.31 bits per heavy atom. The minimum Gasteiger partial charge on any atom is -0.459 e. The normalized spacial score (nSPS) is 15.3. The predicted octanol–water partition coefficient (Wildman–Crippen LogP) is 1.94. The Kier molecular flexibility index (Phi) is 4.69. The summed E-state index contributed by atoms with van der Waals surface area (Å²) in [7, 11) is 0. The molecule has 1 aliphatic heterocycles. The highest BCUT2D eigenvalue weighted by molar-refractivity contribution is 5.91. The van der Waals surface area contributed by atoms with Gasteiger partial charge < -0.3 is 18.6 Å². The van der Waals surface area contributed by atoms with Gasteiger partial charge in [0.05, 0.1) is 18.6 Å². The van der Waals surface area contributed by atoms with Gasteiger partial charge in [0.1, 0.15) is 12.3 Å². The molecule has 1 aliphatic rings. The molecule has 3 aromatic heterocycles. The summed E-state index contributed by atoms with van der Waals surface area (Å²) in [6.45, 7) is 1.47. The number of ether oxygens (including phenoxy) is 1. The van der Waals surface area contributed by atoms with Crippen molar-refractivity contribution < 1.29 is 18.5 Å². The van der Waals surface area contributed by atoms with Crippen molar-refractivity contribution in [2.75, 3.05) is 13.1 Å². The van der Waals surface area contributed by atoms with Crippen molar-refractivity contribution >= 4 is 5.91 Å². The zero-order valence-corrected chi connectivity index (χ0v) is 13.9. The first-order valence-corrected chi connectivity index (χ1v) is 8.33. The van der Waals surface area contributed by atoms with Gasteiger partial charge >= 0.3 is 0 Å². The van der Waals surface area contributed by atoms with Crippen molar-refractivity contribution in [1.82, 2.24) is 25.0 Å². The van der Waals surface area contributed by atoms with Crippen LogP contribution in [0.15, 0.2) is 45.9 Å². The van der Waals surface area contributed by atoms with Gasteiger partial charge in [0, 0.05) is 25.5 Å². The summed E-state index contributed by atoms with van der Waals surface area (Å²) < 4.78 is 16.2. The average Bonchev–Trinajstić information content (AvgIpc) is 3.39. The second kappa shape index (κ2) is 7.44. The summed E-state index contributed by atoms with van der Waals surface area (Å²) in [4.78, 5) is 26.4. The van der Waals surface area contributed by atoms with Gasteiger partial charge in [-0.15, -0.1) is 0 Å². The topological polar surface area (TPSA) is 107 Å². The number of carbonyl (C=O) groups is 1. The van der Waals surface area contributed by atoms with E-state index in [9.17, 15) is 4.79 Å². The van der Waals surface area contributed by atoms with Crippen molar-refractivity contribution in [2.24, 2.45) is 0 Å². The standard InChI is InChI=1S/C17H17N5O4/c23-17(14-2-1-9-24-14)22-7-3-12(4-8-22)25-11-15-20-16(21-26-15)13-10-18-5-6-19-13/h1-2,5-6,9-10,12H,3-4,7-8,11H2. The van der Waals surface area contributed by atoms with E-state index in [0.29, 0.717) is 36.3 Å². The molecule has 0 radical (unpaired) electrons. The fraction of sp³-hybridized carbons (Fsp3) is 0.353. The number of furan rings is 1. The molecule has 1 fully saturated rings. The smallest absolute Gasteiger partial charge is 0.289 e. The molecule has 9 heteroatoms. The summed E-state index contributed by atoms with van der Waals surface area (Å²) in [6, 6.07) is 3.39. The maximum absolute atomic E-state index is 12.2. The third-order valence-electron chi connectivity index (χ3n) is 4.16. The van der Waals surface area contributed by atoms with E-state index in [4.69, 9.17) is 13.7 Å². The van der Waals surface area contributed by atoms with E-state index < -0.39 is 0 Å². The first-order valence-electron chi connectivity index (χ1n) is 8.33. The molecule has 26 heavy (non-hydrogen) atoms. The van der Waals surface area contributed by atoms with E-state index in [1.54, 1.807) is 35.6 Å². The van der Waals surface area contributed by atoms with Crippen molar-refractivity contribution in [3.63, 3.8) is 0 Å². The molecule has 0 aliphatic carbocycles. The molecule has 1 amide bonds. The Labute approximate surface area is 149 Å². The maximum atomic E-state index is 12.2. The van der Waals surface area contributed by atoms with E-state index in [0.717, 1.165) is 12.8 Å². The zero-order valence-electron chi connectivity index (χ0n) is 13.9. The number of amides is 1. The fourth-order valence-electron chi connectivity index (χ4n) is 2.80. The second-order valence-electron chi connectivity index (χ2n) is 5.88. The highest BCUT2D eigenvalue weighted by Crippen LogP contribution is 2.18. The fourth-order valence-corrected chi connectivity index (χ4v) is 2.80. The summed E-state index contributed by atoms with van der Waals surface area (Å²) in [5, 5.41) is 3.88. The van der Waals surface area contributed by atoms with Gasteiger partial charge in [-0.2, -0.15) is 4.98 Å². The Balaban J connectivity index is 1.26. The molecule has 0 N–H and O–H groups in total. The van der Waals surface area contributed by atoms with E-state index in [1.165, 1.54) is 6.26 Å². The number of aromatic nitrogens is 4. The lowest BCUT2D eigenvalue weighted by molar-refractivity contribution is -0.0103. The van der Waals surface area contributed by atoms with Crippen LogP contribution in [0.25, 0.3) is 11.5 Å².